The molecule has 1 fully saturated rings. The molecule has 1 aliphatic carbocycles. The van der Waals surface area contributed by atoms with E-state index >= 15 is 0 Å². The molecule has 1 aromatic heterocycles. The zero-order valence-electron chi connectivity index (χ0n) is 13.0. The fraction of sp³-hybridized carbons (Fsp3) is 0.467. The molecule has 0 bridgehead atoms. The molecule has 22 heavy (non-hydrogen) atoms. The van der Waals surface area contributed by atoms with Crippen molar-refractivity contribution in [2.75, 3.05) is 6.61 Å². The van der Waals surface area contributed by atoms with Gasteiger partial charge in [-0.25, -0.2) is 4.79 Å². The summed E-state index contributed by atoms with van der Waals surface area (Å²) in [5, 5.41) is 11.8. The Balaban J connectivity index is 1.88. The first-order valence-corrected chi connectivity index (χ1v) is 7.33. The lowest BCUT2D eigenvalue weighted by Crippen LogP contribution is -2.22. The van der Waals surface area contributed by atoms with Crippen molar-refractivity contribution >= 4 is 5.71 Å². The van der Waals surface area contributed by atoms with E-state index in [1.54, 1.807) is 7.05 Å². The Morgan fingerprint density at radius 1 is 1.41 bits per heavy atom. The second kappa shape index (κ2) is 5.75. The first kappa shape index (κ1) is 14.5. The van der Waals surface area contributed by atoms with Crippen molar-refractivity contribution in [3.8, 4) is 5.69 Å². The molecule has 0 amide bonds. The summed E-state index contributed by atoms with van der Waals surface area (Å²) in [7, 11) is 1.57. The molecular formula is C15H19N5O2. The molecule has 7 heteroatoms. The smallest absolute Gasteiger partial charge is 0.368 e. The Kier molecular flexibility index (Phi) is 3.79. The Morgan fingerprint density at radius 3 is 2.82 bits per heavy atom. The lowest BCUT2D eigenvalue weighted by molar-refractivity contribution is 0.134. The van der Waals surface area contributed by atoms with Crippen LogP contribution in [0.1, 0.15) is 30.9 Å². The Morgan fingerprint density at radius 2 is 2.18 bits per heavy atom. The first-order chi connectivity index (χ1) is 10.6. The largest absolute Gasteiger partial charge is 0.395 e. The number of nitrogens with zero attached hydrogens (tertiary/aromatic N) is 5. The van der Waals surface area contributed by atoms with Gasteiger partial charge in [0.15, 0.2) is 0 Å². The van der Waals surface area contributed by atoms with Crippen molar-refractivity contribution in [2.45, 2.75) is 26.7 Å². The maximum absolute atomic E-state index is 12.0. The molecule has 1 saturated carbocycles. The summed E-state index contributed by atoms with van der Waals surface area (Å²) in [6, 6.07) is 5.77. The van der Waals surface area contributed by atoms with Gasteiger partial charge in [0.05, 0.1) is 11.4 Å². The maximum Gasteiger partial charge on any atom is 0.368 e. The predicted molar refractivity (Wildman–Crippen MR) is 82.2 cm³/mol. The number of hydrogen-bond acceptors (Lipinski definition) is 5. The van der Waals surface area contributed by atoms with E-state index in [0.29, 0.717) is 18.2 Å². The third-order valence-electron chi connectivity index (χ3n) is 3.79. The zero-order chi connectivity index (χ0) is 15.7. The van der Waals surface area contributed by atoms with Gasteiger partial charge >= 0.3 is 5.69 Å². The SMILES string of the molecule is C/C(=N\OCC1CC1)c1ccc(C)c(-n2nnn(C)c2=O)c1. The summed E-state index contributed by atoms with van der Waals surface area (Å²) in [5.74, 6) is 0.670. The molecule has 0 aliphatic heterocycles. The lowest BCUT2D eigenvalue weighted by atomic mass is 10.1. The fourth-order valence-electron chi connectivity index (χ4n) is 2.10. The number of aromatic nitrogens is 4. The van der Waals surface area contributed by atoms with Crippen LogP contribution >= 0.6 is 0 Å². The van der Waals surface area contributed by atoms with Crippen LogP contribution in [0.4, 0.5) is 0 Å². The van der Waals surface area contributed by atoms with E-state index < -0.39 is 0 Å². The quantitative estimate of drug-likeness (QED) is 0.618. The molecule has 116 valence electrons. The van der Waals surface area contributed by atoms with Crippen LogP contribution in [0.25, 0.3) is 5.69 Å². The number of oxime groups is 1. The standard InChI is InChI=1S/C15H19N5O2/c1-10-4-7-13(11(2)16-22-9-12-5-6-12)8-14(10)20-15(21)19(3)17-18-20/h4,7-8,12H,5-6,9H2,1-3H3/b16-11+. The maximum atomic E-state index is 12.0. The van der Waals surface area contributed by atoms with Crippen molar-refractivity contribution in [2.24, 2.45) is 18.1 Å². The Hall–Kier alpha value is -2.44. The summed E-state index contributed by atoms with van der Waals surface area (Å²) in [6.07, 6.45) is 2.47. The summed E-state index contributed by atoms with van der Waals surface area (Å²) >= 11 is 0. The summed E-state index contributed by atoms with van der Waals surface area (Å²) in [5.41, 5.74) is 3.04. The van der Waals surface area contributed by atoms with Gasteiger partial charge in [0.25, 0.3) is 0 Å². The van der Waals surface area contributed by atoms with E-state index in [1.807, 2.05) is 32.0 Å². The molecule has 1 heterocycles. The number of tetrazole rings is 1. The van der Waals surface area contributed by atoms with Crippen LogP contribution in [-0.2, 0) is 11.9 Å². The topological polar surface area (TPSA) is 74.3 Å². The highest BCUT2D eigenvalue weighted by molar-refractivity contribution is 5.98. The highest BCUT2D eigenvalue weighted by Gasteiger charge is 2.21. The van der Waals surface area contributed by atoms with Gasteiger partial charge in [-0.05, 0) is 54.7 Å². The normalized spacial score (nSPS) is 15.1. The van der Waals surface area contributed by atoms with Gasteiger partial charge in [0.2, 0.25) is 0 Å². The number of benzene rings is 1. The van der Waals surface area contributed by atoms with Gasteiger partial charge in [-0.2, -0.15) is 9.36 Å². The minimum absolute atomic E-state index is 0.278. The molecule has 3 rings (SSSR count). The van der Waals surface area contributed by atoms with E-state index in [-0.39, 0.29) is 5.69 Å². The van der Waals surface area contributed by atoms with E-state index in [9.17, 15) is 4.79 Å². The van der Waals surface area contributed by atoms with E-state index in [2.05, 4.69) is 15.6 Å². The molecule has 0 spiro atoms. The third kappa shape index (κ3) is 2.93. The zero-order valence-corrected chi connectivity index (χ0v) is 13.0. The van der Waals surface area contributed by atoms with Gasteiger partial charge in [0, 0.05) is 12.6 Å². The van der Waals surface area contributed by atoms with Gasteiger partial charge < -0.3 is 4.84 Å². The monoisotopic (exact) mass is 301 g/mol. The Bertz CT molecular complexity index is 770. The van der Waals surface area contributed by atoms with Crippen LogP contribution in [-0.4, -0.2) is 32.1 Å². The van der Waals surface area contributed by atoms with Gasteiger partial charge in [-0.1, -0.05) is 17.3 Å². The lowest BCUT2D eigenvalue weighted by Gasteiger charge is -2.07. The van der Waals surface area contributed by atoms with Crippen LogP contribution in [0.5, 0.6) is 0 Å². The second-order valence-electron chi connectivity index (χ2n) is 5.71. The van der Waals surface area contributed by atoms with Crippen molar-refractivity contribution in [3.05, 3.63) is 39.8 Å². The summed E-state index contributed by atoms with van der Waals surface area (Å²) in [6.45, 7) is 4.50. The van der Waals surface area contributed by atoms with Crippen molar-refractivity contribution < 1.29 is 4.84 Å². The van der Waals surface area contributed by atoms with Crippen LogP contribution < -0.4 is 5.69 Å². The van der Waals surface area contributed by atoms with Crippen LogP contribution in [0.3, 0.4) is 0 Å². The van der Waals surface area contributed by atoms with Crippen molar-refractivity contribution in [1.29, 1.82) is 0 Å². The molecule has 0 radical (unpaired) electrons. The van der Waals surface area contributed by atoms with Gasteiger partial charge in [-0.15, -0.1) is 0 Å². The van der Waals surface area contributed by atoms with Crippen molar-refractivity contribution in [3.63, 3.8) is 0 Å². The molecule has 0 saturated heterocycles. The number of rotatable bonds is 5. The molecule has 0 N–H and O–H groups in total. The summed E-state index contributed by atoms with van der Waals surface area (Å²) in [4.78, 5) is 17.4. The fourth-order valence-corrected chi connectivity index (χ4v) is 2.10. The minimum atomic E-state index is -0.278. The van der Waals surface area contributed by atoms with Crippen LogP contribution in [0.2, 0.25) is 0 Å². The predicted octanol–water partition coefficient (Wildman–Crippen LogP) is 1.43. The first-order valence-electron chi connectivity index (χ1n) is 7.33. The molecule has 1 aromatic carbocycles. The second-order valence-corrected chi connectivity index (χ2v) is 5.71. The van der Waals surface area contributed by atoms with Crippen molar-refractivity contribution in [1.82, 2.24) is 19.8 Å². The molecule has 7 nitrogen and oxygen atoms in total. The highest BCUT2D eigenvalue weighted by atomic mass is 16.6. The summed E-state index contributed by atoms with van der Waals surface area (Å²) < 4.78 is 2.49. The van der Waals surface area contributed by atoms with E-state index in [4.69, 9.17) is 4.84 Å². The minimum Gasteiger partial charge on any atom is -0.395 e. The van der Waals surface area contributed by atoms with E-state index in [1.165, 1.54) is 22.2 Å². The average Bonchev–Trinajstić information content (AvgIpc) is 3.27. The third-order valence-corrected chi connectivity index (χ3v) is 3.79. The Labute approximate surface area is 128 Å². The van der Waals surface area contributed by atoms with Crippen LogP contribution in [0.15, 0.2) is 28.1 Å². The van der Waals surface area contributed by atoms with Gasteiger partial charge in [-0.3, -0.25) is 0 Å². The molecular weight excluding hydrogens is 282 g/mol. The van der Waals surface area contributed by atoms with E-state index in [0.717, 1.165) is 16.8 Å². The number of hydrogen-bond donors (Lipinski definition) is 0. The molecule has 2 aromatic rings. The van der Waals surface area contributed by atoms with Gasteiger partial charge in [0.1, 0.15) is 6.61 Å². The molecule has 1 aliphatic rings. The molecule has 0 atom stereocenters. The number of aryl methyl sites for hydroxylation is 2. The molecule has 0 unspecified atom stereocenters. The highest BCUT2D eigenvalue weighted by Crippen LogP contribution is 2.28. The average molecular weight is 301 g/mol. The van der Waals surface area contributed by atoms with Crippen LogP contribution in [0, 0.1) is 12.8 Å².